The molecule has 0 heterocycles. The van der Waals surface area contributed by atoms with E-state index in [4.69, 9.17) is 21.4 Å². The highest BCUT2D eigenvalue weighted by Crippen LogP contribution is 2.36. The molecule has 0 aliphatic heterocycles. The molecule has 1 aromatic carbocycles. The number of rotatable bonds is 5. The number of carbonyl (C=O) groups is 2. The Bertz CT molecular complexity index is 545. The number of hydrogen-bond acceptors (Lipinski definition) is 3. The Kier molecular flexibility index (Phi) is 5.42. The van der Waals surface area contributed by atoms with Gasteiger partial charge in [-0.3, -0.25) is 9.59 Å². The van der Waals surface area contributed by atoms with Gasteiger partial charge in [0.25, 0.3) is 0 Å². The van der Waals surface area contributed by atoms with Gasteiger partial charge in [0, 0.05) is 11.4 Å². The summed E-state index contributed by atoms with van der Waals surface area (Å²) in [6.07, 6.45) is -0.157. The number of aliphatic carboxylic acids is 1. The lowest BCUT2D eigenvalue weighted by Crippen LogP contribution is -2.29. The smallest absolute Gasteiger partial charge is 0.309 e. The number of nitrogens with one attached hydrogen (secondary N) is 1. The summed E-state index contributed by atoms with van der Waals surface area (Å²) in [6.45, 7) is 2.97. The van der Waals surface area contributed by atoms with Crippen LogP contribution in [0.25, 0.3) is 0 Å². The molecule has 0 aliphatic rings. The van der Waals surface area contributed by atoms with Crippen LogP contribution in [0.4, 0.5) is 5.69 Å². The number of hydrogen-bond donors (Lipinski definition) is 2. The van der Waals surface area contributed by atoms with Gasteiger partial charge in [0.15, 0.2) is 5.75 Å². The van der Waals surface area contributed by atoms with Gasteiger partial charge in [-0.15, -0.1) is 0 Å². The van der Waals surface area contributed by atoms with Crippen LogP contribution >= 0.6 is 27.5 Å². The Morgan fingerprint density at radius 2 is 2.05 bits per heavy atom. The van der Waals surface area contributed by atoms with E-state index in [0.717, 1.165) is 0 Å². The van der Waals surface area contributed by atoms with E-state index in [1.807, 2.05) is 0 Å². The van der Waals surface area contributed by atoms with E-state index < -0.39 is 17.3 Å². The highest BCUT2D eigenvalue weighted by atomic mass is 79.9. The molecule has 0 radical (unpaired) electrons. The van der Waals surface area contributed by atoms with E-state index in [2.05, 4.69) is 21.2 Å². The number of anilines is 1. The van der Waals surface area contributed by atoms with Gasteiger partial charge >= 0.3 is 5.97 Å². The Labute approximate surface area is 130 Å². The molecule has 0 aliphatic carbocycles. The first-order valence-electron chi connectivity index (χ1n) is 5.73. The lowest BCUT2D eigenvalue weighted by atomic mass is 9.89. The zero-order valence-electron chi connectivity index (χ0n) is 11.3. The maximum atomic E-state index is 11.9. The molecule has 0 atom stereocenters. The van der Waals surface area contributed by atoms with Gasteiger partial charge in [0.05, 0.1) is 22.7 Å². The molecule has 2 N–H and O–H groups in total. The molecular formula is C13H15BrClNO4. The van der Waals surface area contributed by atoms with Crippen molar-refractivity contribution in [1.29, 1.82) is 0 Å². The average Bonchev–Trinajstić information content (AvgIpc) is 2.26. The van der Waals surface area contributed by atoms with Crippen LogP contribution in [0.5, 0.6) is 5.75 Å². The Morgan fingerprint density at radius 3 is 2.55 bits per heavy atom. The number of carboxylic acid groups (broad SMARTS) is 1. The quantitative estimate of drug-likeness (QED) is 0.838. The highest BCUT2D eigenvalue weighted by Gasteiger charge is 2.30. The fraction of sp³-hybridized carbons (Fsp3) is 0.385. The molecule has 0 spiro atoms. The fourth-order valence-corrected chi connectivity index (χ4v) is 2.50. The van der Waals surface area contributed by atoms with Gasteiger partial charge in [0.1, 0.15) is 0 Å². The third-order valence-corrected chi connectivity index (χ3v) is 3.48. The van der Waals surface area contributed by atoms with Gasteiger partial charge in [0.2, 0.25) is 5.91 Å². The number of halogens is 2. The number of ether oxygens (including phenoxy) is 1. The molecule has 110 valence electrons. The lowest BCUT2D eigenvalue weighted by Gasteiger charge is -2.19. The third kappa shape index (κ3) is 4.11. The minimum absolute atomic E-state index is 0.157. The molecule has 0 aromatic heterocycles. The van der Waals surface area contributed by atoms with Crippen LogP contribution in [-0.2, 0) is 9.59 Å². The van der Waals surface area contributed by atoms with Crippen LogP contribution in [-0.4, -0.2) is 24.1 Å². The van der Waals surface area contributed by atoms with Crippen molar-refractivity contribution in [2.24, 2.45) is 5.41 Å². The number of methoxy groups -OCH3 is 1. The van der Waals surface area contributed by atoms with E-state index in [9.17, 15) is 9.59 Å². The standard InChI is InChI=1S/C13H15BrClNO4/c1-13(2,12(18)19)6-10(17)16-9-5-7(15)4-8(14)11(9)20-3/h4-5H,6H2,1-3H3,(H,16,17)(H,18,19). The van der Waals surface area contributed by atoms with Crippen molar-refractivity contribution < 1.29 is 19.4 Å². The van der Waals surface area contributed by atoms with Crippen LogP contribution < -0.4 is 10.1 Å². The monoisotopic (exact) mass is 363 g/mol. The van der Waals surface area contributed by atoms with E-state index >= 15 is 0 Å². The van der Waals surface area contributed by atoms with Crippen LogP contribution in [0.15, 0.2) is 16.6 Å². The average molecular weight is 365 g/mol. The highest BCUT2D eigenvalue weighted by molar-refractivity contribution is 9.10. The predicted molar refractivity (Wildman–Crippen MR) is 80.4 cm³/mol. The van der Waals surface area contributed by atoms with Gasteiger partial charge in [-0.25, -0.2) is 0 Å². The van der Waals surface area contributed by atoms with Gasteiger partial charge in [-0.1, -0.05) is 11.6 Å². The second-order valence-corrected chi connectivity index (χ2v) is 6.17. The minimum atomic E-state index is -1.15. The Morgan fingerprint density at radius 1 is 1.45 bits per heavy atom. The molecular weight excluding hydrogens is 350 g/mol. The molecule has 7 heteroatoms. The normalized spacial score (nSPS) is 11.1. The van der Waals surface area contributed by atoms with Crippen LogP contribution in [0.2, 0.25) is 5.02 Å². The Hall–Kier alpha value is -1.27. The van der Waals surface area contributed by atoms with Crippen molar-refractivity contribution in [3.8, 4) is 5.75 Å². The second kappa shape index (κ2) is 6.45. The largest absolute Gasteiger partial charge is 0.493 e. The summed E-state index contributed by atoms with van der Waals surface area (Å²) < 4.78 is 5.77. The molecule has 0 bridgehead atoms. The van der Waals surface area contributed by atoms with Crippen molar-refractivity contribution in [2.75, 3.05) is 12.4 Å². The van der Waals surface area contributed by atoms with Crippen LogP contribution in [0, 0.1) is 5.41 Å². The summed E-state index contributed by atoms with van der Waals surface area (Å²) in [6, 6.07) is 3.17. The van der Waals surface area contributed by atoms with E-state index in [1.54, 1.807) is 6.07 Å². The molecule has 1 aromatic rings. The summed E-state index contributed by atoms with van der Waals surface area (Å²) in [5.41, 5.74) is -0.759. The molecule has 0 saturated carbocycles. The van der Waals surface area contributed by atoms with E-state index in [0.29, 0.717) is 20.9 Å². The first-order chi connectivity index (χ1) is 9.17. The SMILES string of the molecule is COc1c(Br)cc(Cl)cc1NC(=O)CC(C)(C)C(=O)O. The first kappa shape index (κ1) is 16.8. The number of carbonyl (C=O) groups excluding carboxylic acids is 1. The zero-order valence-corrected chi connectivity index (χ0v) is 13.6. The summed E-state index contributed by atoms with van der Waals surface area (Å²) in [7, 11) is 1.46. The third-order valence-electron chi connectivity index (χ3n) is 2.67. The number of carboxylic acids is 1. The molecule has 1 amide bonds. The number of benzene rings is 1. The second-order valence-electron chi connectivity index (χ2n) is 4.88. The summed E-state index contributed by atoms with van der Waals surface area (Å²) in [5, 5.41) is 12.0. The van der Waals surface area contributed by atoms with Crippen molar-refractivity contribution >= 4 is 45.1 Å². The van der Waals surface area contributed by atoms with Gasteiger partial charge in [-0.2, -0.15) is 0 Å². The van der Waals surface area contributed by atoms with Crippen molar-refractivity contribution in [3.05, 3.63) is 21.6 Å². The predicted octanol–water partition coefficient (Wildman–Crippen LogP) is 3.55. The van der Waals surface area contributed by atoms with E-state index in [-0.39, 0.29) is 6.42 Å². The lowest BCUT2D eigenvalue weighted by molar-refractivity contribution is -0.148. The van der Waals surface area contributed by atoms with Crippen molar-refractivity contribution in [1.82, 2.24) is 0 Å². The minimum Gasteiger partial charge on any atom is -0.493 e. The van der Waals surface area contributed by atoms with Gasteiger partial charge < -0.3 is 15.2 Å². The summed E-state index contributed by atoms with van der Waals surface area (Å²) in [5.74, 6) is -1.03. The van der Waals surface area contributed by atoms with Crippen molar-refractivity contribution in [2.45, 2.75) is 20.3 Å². The molecule has 0 unspecified atom stereocenters. The van der Waals surface area contributed by atoms with Crippen molar-refractivity contribution in [3.63, 3.8) is 0 Å². The fourth-order valence-electron chi connectivity index (χ4n) is 1.53. The summed E-state index contributed by atoms with van der Waals surface area (Å²) in [4.78, 5) is 22.9. The molecule has 1 rings (SSSR count). The van der Waals surface area contributed by atoms with Crippen LogP contribution in [0.3, 0.4) is 0 Å². The molecule has 0 fully saturated rings. The maximum absolute atomic E-state index is 11.9. The van der Waals surface area contributed by atoms with E-state index in [1.165, 1.54) is 27.0 Å². The maximum Gasteiger partial charge on any atom is 0.309 e. The summed E-state index contributed by atoms with van der Waals surface area (Å²) >= 11 is 9.19. The number of amides is 1. The molecule has 20 heavy (non-hydrogen) atoms. The molecule has 0 saturated heterocycles. The van der Waals surface area contributed by atoms with Crippen LogP contribution in [0.1, 0.15) is 20.3 Å². The van der Waals surface area contributed by atoms with Gasteiger partial charge in [-0.05, 0) is 41.9 Å². The Balaban J connectivity index is 2.94. The topological polar surface area (TPSA) is 75.6 Å². The zero-order chi connectivity index (χ0) is 15.5. The first-order valence-corrected chi connectivity index (χ1v) is 6.90. The molecule has 5 nitrogen and oxygen atoms in total.